The second-order valence-electron chi connectivity index (χ2n) is 6.89. The summed E-state index contributed by atoms with van der Waals surface area (Å²) in [5.41, 5.74) is -0.107. The molecular formula is C18H23N3O4S2. The van der Waals surface area contributed by atoms with Crippen LogP contribution in [0.5, 0.6) is 0 Å². The fourth-order valence-corrected chi connectivity index (χ4v) is 5.10. The molecule has 3 rings (SSSR count). The summed E-state index contributed by atoms with van der Waals surface area (Å²) in [5.74, 6) is 0.361. The Bertz CT molecular complexity index is 897. The molecule has 0 spiro atoms. The molecule has 0 aliphatic carbocycles. The summed E-state index contributed by atoms with van der Waals surface area (Å²) in [7, 11) is -3.67. The maximum Gasteiger partial charge on any atom is 0.310 e. The minimum atomic E-state index is -3.67. The van der Waals surface area contributed by atoms with E-state index in [1.807, 2.05) is 0 Å². The molecule has 1 aromatic carbocycles. The van der Waals surface area contributed by atoms with Crippen LogP contribution in [0.25, 0.3) is 0 Å². The molecule has 1 aromatic heterocycles. The van der Waals surface area contributed by atoms with E-state index in [9.17, 15) is 18.5 Å². The average Bonchev–Trinajstić information content (AvgIpc) is 3.12. The van der Waals surface area contributed by atoms with Crippen LogP contribution in [0.4, 0.5) is 11.4 Å². The Morgan fingerprint density at radius 1 is 1.33 bits per heavy atom. The van der Waals surface area contributed by atoms with E-state index in [1.54, 1.807) is 17.4 Å². The van der Waals surface area contributed by atoms with Crippen molar-refractivity contribution in [3.63, 3.8) is 0 Å². The Morgan fingerprint density at radius 3 is 2.81 bits per heavy atom. The monoisotopic (exact) mass is 409 g/mol. The molecule has 1 fully saturated rings. The quantitative estimate of drug-likeness (QED) is 0.557. The van der Waals surface area contributed by atoms with E-state index >= 15 is 0 Å². The van der Waals surface area contributed by atoms with Crippen molar-refractivity contribution in [3.8, 4) is 0 Å². The Morgan fingerprint density at radius 2 is 2.15 bits per heavy atom. The van der Waals surface area contributed by atoms with Gasteiger partial charge in [-0.3, -0.25) is 15.0 Å². The van der Waals surface area contributed by atoms with Crippen molar-refractivity contribution >= 4 is 32.5 Å². The van der Waals surface area contributed by atoms with Gasteiger partial charge in [-0.1, -0.05) is 12.1 Å². The van der Waals surface area contributed by atoms with Crippen LogP contribution < -0.4 is 5.32 Å². The first-order valence-corrected chi connectivity index (χ1v) is 11.6. The zero-order valence-electron chi connectivity index (χ0n) is 15.1. The molecule has 1 aliphatic rings. The van der Waals surface area contributed by atoms with E-state index in [0.29, 0.717) is 12.5 Å². The van der Waals surface area contributed by atoms with Gasteiger partial charge in [0, 0.05) is 30.8 Å². The lowest BCUT2D eigenvalue weighted by molar-refractivity contribution is -0.386. The van der Waals surface area contributed by atoms with Crippen LogP contribution in [0.3, 0.4) is 0 Å². The van der Waals surface area contributed by atoms with Gasteiger partial charge in [-0.2, -0.15) is 0 Å². The zero-order valence-corrected chi connectivity index (χ0v) is 16.8. The Hall–Kier alpha value is -1.97. The van der Waals surface area contributed by atoms with Crippen LogP contribution in [-0.2, 0) is 16.4 Å². The maximum absolute atomic E-state index is 11.9. The number of nitrogens with one attached hydrogen (secondary N) is 1. The van der Waals surface area contributed by atoms with Crippen molar-refractivity contribution in [1.82, 2.24) is 4.90 Å². The van der Waals surface area contributed by atoms with E-state index in [0.717, 1.165) is 38.7 Å². The molecule has 1 atom stereocenters. The molecule has 146 valence electrons. The van der Waals surface area contributed by atoms with Crippen molar-refractivity contribution < 1.29 is 13.3 Å². The fourth-order valence-electron chi connectivity index (χ4n) is 3.49. The number of benzene rings is 1. The van der Waals surface area contributed by atoms with E-state index in [-0.39, 0.29) is 16.3 Å². The van der Waals surface area contributed by atoms with Crippen molar-refractivity contribution in [1.29, 1.82) is 0 Å². The van der Waals surface area contributed by atoms with Gasteiger partial charge in [0.25, 0.3) is 0 Å². The predicted molar refractivity (Wildman–Crippen MR) is 107 cm³/mol. The van der Waals surface area contributed by atoms with Crippen LogP contribution in [-0.4, -0.2) is 44.1 Å². The number of nitro groups is 1. The smallest absolute Gasteiger partial charge is 0.310 e. The highest BCUT2D eigenvalue weighted by Gasteiger charge is 2.27. The van der Waals surface area contributed by atoms with Crippen molar-refractivity contribution in [2.75, 3.05) is 31.2 Å². The second kappa shape index (κ2) is 8.37. The number of nitro benzene ring substituents is 1. The van der Waals surface area contributed by atoms with Crippen molar-refractivity contribution in [2.24, 2.45) is 5.92 Å². The van der Waals surface area contributed by atoms with E-state index in [1.165, 1.54) is 17.0 Å². The third-order valence-electron chi connectivity index (χ3n) is 4.72. The number of hydrogen-bond donors (Lipinski definition) is 1. The molecule has 0 saturated carbocycles. The number of piperidine rings is 1. The molecule has 7 nitrogen and oxygen atoms in total. The summed E-state index contributed by atoms with van der Waals surface area (Å²) in [6.07, 6.45) is 3.12. The number of sulfone groups is 1. The number of rotatable bonds is 7. The lowest BCUT2D eigenvalue weighted by atomic mass is 9.98. The highest BCUT2D eigenvalue weighted by Crippen LogP contribution is 2.32. The van der Waals surface area contributed by atoms with Crippen LogP contribution in [0.15, 0.2) is 40.6 Å². The van der Waals surface area contributed by atoms with Crippen LogP contribution >= 0.6 is 11.3 Å². The molecule has 1 aliphatic heterocycles. The summed E-state index contributed by atoms with van der Waals surface area (Å²) >= 11 is 1.75. The fraction of sp³-hybridized carbons (Fsp3) is 0.444. The molecule has 0 bridgehead atoms. The normalized spacial score (nSPS) is 18.3. The van der Waals surface area contributed by atoms with Crippen LogP contribution in [0.2, 0.25) is 0 Å². The minimum Gasteiger partial charge on any atom is -0.379 e. The number of nitrogens with zero attached hydrogens (tertiary/aromatic N) is 2. The molecule has 0 amide bonds. The molecule has 27 heavy (non-hydrogen) atoms. The highest BCUT2D eigenvalue weighted by atomic mass is 32.2. The first-order chi connectivity index (χ1) is 12.8. The Balaban J connectivity index is 1.68. The third kappa shape index (κ3) is 5.06. The third-order valence-corrected chi connectivity index (χ3v) is 6.71. The van der Waals surface area contributed by atoms with Gasteiger partial charge in [0.05, 0.1) is 4.92 Å². The molecule has 2 aromatic rings. The highest BCUT2D eigenvalue weighted by molar-refractivity contribution is 7.90. The number of anilines is 1. The summed E-state index contributed by atoms with van der Waals surface area (Å²) in [6, 6.07) is 8.57. The lowest BCUT2D eigenvalue weighted by Gasteiger charge is -2.32. The van der Waals surface area contributed by atoms with Gasteiger partial charge >= 0.3 is 5.69 Å². The molecule has 1 saturated heterocycles. The van der Waals surface area contributed by atoms with E-state index < -0.39 is 14.8 Å². The van der Waals surface area contributed by atoms with Gasteiger partial charge in [0.15, 0.2) is 9.84 Å². The van der Waals surface area contributed by atoms with Gasteiger partial charge in [-0.15, -0.1) is 11.3 Å². The zero-order chi connectivity index (χ0) is 19.4. The van der Waals surface area contributed by atoms with Gasteiger partial charge in [0.2, 0.25) is 0 Å². The Labute approximate surface area is 163 Å². The predicted octanol–water partition coefficient (Wildman–Crippen LogP) is 3.38. The number of hydrogen-bond acceptors (Lipinski definition) is 7. The molecular weight excluding hydrogens is 386 g/mol. The van der Waals surface area contributed by atoms with E-state index in [2.05, 4.69) is 27.7 Å². The van der Waals surface area contributed by atoms with E-state index in [4.69, 9.17) is 0 Å². The summed E-state index contributed by atoms with van der Waals surface area (Å²) in [6.45, 7) is 3.48. The standard InChI is InChI=1S/C18H23N3O4S2/c1-27(24,25)17-8-2-7-16(18(17)21(22)23)19-11-14-5-3-9-20(12-14)13-15-6-4-10-26-15/h2,4,6-8,10,14,19H,3,5,9,11-13H2,1H3. The Kier molecular flexibility index (Phi) is 6.13. The van der Waals surface area contributed by atoms with Gasteiger partial charge in [-0.05, 0) is 48.9 Å². The number of thiophene rings is 1. The largest absolute Gasteiger partial charge is 0.379 e. The topological polar surface area (TPSA) is 92.6 Å². The van der Waals surface area contributed by atoms with Crippen LogP contribution in [0.1, 0.15) is 17.7 Å². The number of likely N-dealkylation sites (tertiary alicyclic amines) is 1. The first-order valence-electron chi connectivity index (χ1n) is 8.80. The molecule has 0 radical (unpaired) electrons. The second-order valence-corrected chi connectivity index (χ2v) is 9.90. The van der Waals surface area contributed by atoms with Gasteiger partial charge in [0.1, 0.15) is 10.6 Å². The van der Waals surface area contributed by atoms with Gasteiger partial charge < -0.3 is 5.32 Å². The minimum absolute atomic E-state index is 0.250. The summed E-state index contributed by atoms with van der Waals surface area (Å²) in [5, 5.41) is 16.7. The average molecular weight is 410 g/mol. The maximum atomic E-state index is 11.9. The van der Waals surface area contributed by atoms with Crippen LogP contribution in [0, 0.1) is 16.0 Å². The van der Waals surface area contributed by atoms with Crippen molar-refractivity contribution in [2.45, 2.75) is 24.3 Å². The lowest BCUT2D eigenvalue weighted by Crippen LogP contribution is -2.37. The number of para-hydroxylation sites is 1. The molecule has 1 N–H and O–H groups in total. The summed E-state index contributed by atoms with van der Waals surface area (Å²) in [4.78, 5) is 14.3. The molecule has 1 unspecified atom stereocenters. The molecule has 9 heteroatoms. The molecule has 2 heterocycles. The first kappa shape index (κ1) is 19.8. The summed E-state index contributed by atoms with van der Waals surface area (Å²) < 4.78 is 23.7. The van der Waals surface area contributed by atoms with Crippen molar-refractivity contribution in [3.05, 3.63) is 50.7 Å². The SMILES string of the molecule is CS(=O)(=O)c1cccc(NCC2CCCN(Cc3cccs3)C2)c1[N+](=O)[O-]. The van der Waals surface area contributed by atoms with Gasteiger partial charge in [-0.25, -0.2) is 8.42 Å².